The molecule has 0 aliphatic carbocycles. The molecule has 1 aromatic rings. The smallest absolute Gasteiger partial charge is 0.308 e. The molecule has 0 unspecified atom stereocenters. The van der Waals surface area contributed by atoms with Crippen LogP contribution in [-0.2, 0) is 11.3 Å². The SMILES string of the molecule is C[C@@H]1CN(Cc2cccnc2)C[C@H]1C(=O)O. The summed E-state index contributed by atoms with van der Waals surface area (Å²) in [6.07, 6.45) is 3.58. The maximum Gasteiger partial charge on any atom is 0.308 e. The van der Waals surface area contributed by atoms with E-state index < -0.39 is 5.97 Å². The lowest BCUT2D eigenvalue weighted by molar-refractivity contribution is -0.142. The maximum absolute atomic E-state index is 11.0. The molecular formula is C12H16N2O2. The van der Waals surface area contributed by atoms with Gasteiger partial charge in [-0.1, -0.05) is 13.0 Å². The van der Waals surface area contributed by atoms with Crippen molar-refractivity contribution in [1.82, 2.24) is 9.88 Å². The van der Waals surface area contributed by atoms with Gasteiger partial charge >= 0.3 is 5.97 Å². The molecule has 1 aliphatic heterocycles. The van der Waals surface area contributed by atoms with Crippen LogP contribution < -0.4 is 0 Å². The minimum atomic E-state index is -0.679. The van der Waals surface area contributed by atoms with E-state index in [4.69, 9.17) is 5.11 Å². The predicted octanol–water partition coefficient (Wildman–Crippen LogP) is 1.23. The minimum Gasteiger partial charge on any atom is -0.481 e. The Kier molecular flexibility index (Phi) is 3.19. The molecule has 0 spiro atoms. The first-order valence-corrected chi connectivity index (χ1v) is 5.51. The van der Waals surface area contributed by atoms with E-state index in [2.05, 4.69) is 9.88 Å². The molecule has 2 rings (SSSR count). The molecule has 1 N–H and O–H groups in total. The minimum absolute atomic E-state index is 0.225. The highest BCUT2D eigenvalue weighted by Gasteiger charge is 2.34. The summed E-state index contributed by atoms with van der Waals surface area (Å²) < 4.78 is 0. The van der Waals surface area contributed by atoms with E-state index >= 15 is 0 Å². The van der Waals surface area contributed by atoms with Gasteiger partial charge in [-0.15, -0.1) is 0 Å². The number of nitrogens with zero attached hydrogens (tertiary/aromatic N) is 2. The van der Waals surface area contributed by atoms with Crippen LogP contribution in [0.15, 0.2) is 24.5 Å². The number of carboxylic acids is 1. The average molecular weight is 220 g/mol. The zero-order valence-corrected chi connectivity index (χ0v) is 9.34. The molecule has 0 saturated carbocycles. The molecule has 2 atom stereocenters. The fraction of sp³-hybridized carbons (Fsp3) is 0.500. The van der Waals surface area contributed by atoms with Crippen LogP contribution in [0.1, 0.15) is 12.5 Å². The van der Waals surface area contributed by atoms with Crippen LogP contribution in [-0.4, -0.2) is 34.0 Å². The molecule has 2 heterocycles. The molecular weight excluding hydrogens is 204 g/mol. The maximum atomic E-state index is 11.0. The Hall–Kier alpha value is -1.42. The average Bonchev–Trinajstić information content (AvgIpc) is 2.61. The third-order valence-corrected chi connectivity index (χ3v) is 3.13. The molecule has 4 nitrogen and oxygen atoms in total. The van der Waals surface area contributed by atoms with Crippen molar-refractivity contribution in [1.29, 1.82) is 0 Å². The molecule has 1 fully saturated rings. The summed E-state index contributed by atoms with van der Waals surface area (Å²) in [5.74, 6) is -0.674. The van der Waals surface area contributed by atoms with Crippen molar-refractivity contribution in [2.45, 2.75) is 13.5 Å². The van der Waals surface area contributed by atoms with Crippen LogP contribution in [0.25, 0.3) is 0 Å². The number of carbonyl (C=O) groups is 1. The number of hydrogen-bond acceptors (Lipinski definition) is 3. The van der Waals surface area contributed by atoms with Crippen molar-refractivity contribution < 1.29 is 9.90 Å². The molecule has 0 radical (unpaired) electrons. The Labute approximate surface area is 94.9 Å². The highest BCUT2D eigenvalue weighted by atomic mass is 16.4. The van der Waals surface area contributed by atoms with Gasteiger partial charge in [0.25, 0.3) is 0 Å². The molecule has 1 aliphatic rings. The van der Waals surface area contributed by atoms with Gasteiger partial charge in [0.05, 0.1) is 5.92 Å². The standard InChI is InChI=1S/C12H16N2O2/c1-9-6-14(8-11(9)12(15)16)7-10-3-2-4-13-5-10/h2-5,9,11H,6-8H2,1H3,(H,15,16)/t9-,11-/m1/s1. The number of likely N-dealkylation sites (tertiary alicyclic amines) is 1. The van der Waals surface area contributed by atoms with Crippen molar-refractivity contribution in [2.75, 3.05) is 13.1 Å². The Morgan fingerprint density at radius 2 is 2.44 bits per heavy atom. The van der Waals surface area contributed by atoms with Gasteiger partial charge in [0, 0.05) is 32.0 Å². The van der Waals surface area contributed by atoms with E-state index in [9.17, 15) is 4.79 Å². The molecule has 0 bridgehead atoms. The lowest BCUT2D eigenvalue weighted by Crippen LogP contribution is -2.23. The summed E-state index contributed by atoms with van der Waals surface area (Å²) in [4.78, 5) is 17.2. The van der Waals surface area contributed by atoms with Crippen molar-refractivity contribution in [3.63, 3.8) is 0 Å². The van der Waals surface area contributed by atoms with Gasteiger partial charge in [0.15, 0.2) is 0 Å². The molecule has 16 heavy (non-hydrogen) atoms. The predicted molar refractivity (Wildman–Crippen MR) is 59.8 cm³/mol. The number of pyridine rings is 1. The van der Waals surface area contributed by atoms with E-state index in [-0.39, 0.29) is 11.8 Å². The topological polar surface area (TPSA) is 53.4 Å². The van der Waals surface area contributed by atoms with E-state index in [1.165, 1.54) is 0 Å². The molecule has 86 valence electrons. The zero-order valence-electron chi connectivity index (χ0n) is 9.34. The van der Waals surface area contributed by atoms with Crippen LogP contribution in [0.2, 0.25) is 0 Å². The Morgan fingerprint density at radius 3 is 3.00 bits per heavy atom. The number of hydrogen-bond donors (Lipinski definition) is 1. The van der Waals surface area contributed by atoms with Crippen LogP contribution >= 0.6 is 0 Å². The first kappa shape index (κ1) is 11.1. The van der Waals surface area contributed by atoms with E-state index in [0.717, 1.165) is 18.7 Å². The summed E-state index contributed by atoms with van der Waals surface area (Å²) in [6.45, 7) is 4.29. The zero-order chi connectivity index (χ0) is 11.5. The van der Waals surface area contributed by atoms with Crippen molar-refractivity contribution in [3.05, 3.63) is 30.1 Å². The van der Waals surface area contributed by atoms with Gasteiger partial charge in [-0.2, -0.15) is 0 Å². The number of carboxylic acid groups (broad SMARTS) is 1. The Morgan fingerprint density at radius 1 is 1.62 bits per heavy atom. The second-order valence-corrected chi connectivity index (χ2v) is 4.48. The second kappa shape index (κ2) is 4.61. The first-order valence-electron chi connectivity index (χ1n) is 5.51. The third-order valence-electron chi connectivity index (χ3n) is 3.13. The van der Waals surface area contributed by atoms with Crippen molar-refractivity contribution in [2.24, 2.45) is 11.8 Å². The normalized spacial score (nSPS) is 25.8. The van der Waals surface area contributed by atoms with Gasteiger partial charge in [-0.3, -0.25) is 14.7 Å². The second-order valence-electron chi connectivity index (χ2n) is 4.48. The van der Waals surface area contributed by atoms with E-state index in [1.807, 2.05) is 25.3 Å². The fourth-order valence-electron chi connectivity index (χ4n) is 2.27. The first-order chi connectivity index (χ1) is 7.66. The van der Waals surface area contributed by atoms with Gasteiger partial charge in [0.1, 0.15) is 0 Å². The van der Waals surface area contributed by atoms with Gasteiger partial charge in [-0.05, 0) is 17.5 Å². The Bertz CT molecular complexity index is 367. The van der Waals surface area contributed by atoms with Gasteiger partial charge < -0.3 is 5.11 Å². The molecule has 1 aromatic heterocycles. The fourth-order valence-corrected chi connectivity index (χ4v) is 2.27. The van der Waals surface area contributed by atoms with Crippen molar-refractivity contribution >= 4 is 5.97 Å². The van der Waals surface area contributed by atoms with Crippen LogP contribution in [0.3, 0.4) is 0 Å². The lowest BCUT2D eigenvalue weighted by atomic mass is 9.99. The molecule has 0 aromatic carbocycles. The van der Waals surface area contributed by atoms with Crippen molar-refractivity contribution in [3.8, 4) is 0 Å². The molecule has 0 amide bonds. The largest absolute Gasteiger partial charge is 0.481 e. The number of rotatable bonds is 3. The third kappa shape index (κ3) is 2.39. The molecule has 4 heteroatoms. The van der Waals surface area contributed by atoms with Crippen LogP contribution in [0, 0.1) is 11.8 Å². The van der Waals surface area contributed by atoms with E-state index in [1.54, 1.807) is 6.20 Å². The highest BCUT2D eigenvalue weighted by Crippen LogP contribution is 2.24. The monoisotopic (exact) mass is 220 g/mol. The highest BCUT2D eigenvalue weighted by molar-refractivity contribution is 5.71. The lowest BCUT2D eigenvalue weighted by Gasteiger charge is -2.14. The Balaban J connectivity index is 1.96. The summed E-state index contributed by atoms with van der Waals surface area (Å²) in [5.41, 5.74) is 1.14. The van der Waals surface area contributed by atoms with E-state index in [0.29, 0.717) is 6.54 Å². The molecule has 1 saturated heterocycles. The summed E-state index contributed by atoms with van der Waals surface area (Å²) >= 11 is 0. The number of aromatic nitrogens is 1. The number of aliphatic carboxylic acids is 1. The van der Waals surface area contributed by atoms with Crippen LogP contribution in [0.4, 0.5) is 0 Å². The van der Waals surface area contributed by atoms with Gasteiger partial charge in [0.2, 0.25) is 0 Å². The quantitative estimate of drug-likeness (QED) is 0.832. The summed E-state index contributed by atoms with van der Waals surface area (Å²) in [5, 5.41) is 9.03. The summed E-state index contributed by atoms with van der Waals surface area (Å²) in [7, 11) is 0. The van der Waals surface area contributed by atoms with Crippen LogP contribution in [0.5, 0.6) is 0 Å². The van der Waals surface area contributed by atoms with Gasteiger partial charge in [-0.25, -0.2) is 0 Å². The summed E-state index contributed by atoms with van der Waals surface area (Å²) in [6, 6.07) is 3.93.